The van der Waals surface area contributed by atoms with Gasteiger partial charge in [-0.3, -0.25) is 0 Å². The second-order valence-corrected chi connectivity index (χ2v) is 3.52. The van der Waals surface area contributed by atoms with Gasteiger partial charge in [-0.2, -0.15) is 0 Å². The Morgan fingerprint density at radius 1 is 1.33 bits per heavy atom. The number of hydrogen-bond acceptors (Lipinski definition) is 1. The summed E-state index contributed by atoms with van der Waals surface area (Å²) in [5.41, 5.74) is 0. The molecule has 0 saturated heterocycles. The van der Waals surface area contributed by atoms with E-state index in [0.29, 0.717) is 6.54 Å². The molecule has 0 aliphatic heterocycles. The SMILES string of the molecule is O=C(O)NCCC1CCCCC1. The maximum atomic E-state index is 10.1. The fourth-order valence-corrected chi connectivity index (χ4v) is 1.86. The standard InChI is InChI=1S/C9H17NO2/c11-9(12)10-7-6-8-4-2-1-3-5-8/h8,10H,1-7H2,(H,11,12). The Morgan fingerprint density at radius 3 is 2.58 bits per heavy atom. The second kappa shape index (κ2) is 5.01. The molecular formula is C9H17NO2. The molecule has 1 aliphatic carbocycles. The highest BCUT2D eigenvalue weighted by molar-refractivity contribution is 5.64. The summed E-state index contributed by atoms with van der Waals surface area (Å²) < 4.78 is 0. The van der Waals surface area contributed by atoms with Gasteiger partial charge in [0.25, 0.3) is 0 Å². The summed E-state index contributed by atoms with van der Waals surface area (Å²) in [5.74, 6) is 0.769. The van der Waals surface area contributed by atoms with Crippen LogP contribution in [0, 0.1) is 5.92 Å². The van der Waals surface area contributed by atoms with Gasteiger partial charge >= 0.3 is 6.09 Å². The molecule has 1 fully saturated rings. The molecule has 0 spiro atoms. The lowest BCUT2D eigenvalue weighted by atomic mass is 9.87. The number of carbonyl (C=O) groups is 1. The Morgan fingerprint density at radius 2 is 2.00 bits per heavy atom. The minimum atomic E-state index is -0.897. The van der Waals surface area contributed by atoms with Crippen molar-refractivity contribution in [1.82, 2.24) is 5.32 Å². The second-order valence-electron chi connectivity index (χ2n) is 3.52. The number of rotatable bonds is 3. The molecule has 3 heteroatoms. The van der Waals surface area contributed by atoms with Crippen LogP contribution in [0.4, 0.5) is 4.79 Å². The highest BCUT2D eigenvalue weighted by atomic mass is 16.4. The van der Waals surface area contributed by atoms with E-state index in [2.05, 4.69) is 5.32 Å². The van der Waals surface area contributed by atoms with Gasteiger partial charge in [-0.1, -0.05) is 32.1 Å². The van der Waals surface area contributed by atoms with Crippen molar-refractivity contribution in [3.63, 3.8) is 0 Å². The summed E-state index contributed by atoms with van der Waals surface area (Å²) >= 11 is 0. The first-order chi connectivity index (χ1) is 5.79. The molecule has 0 heterocycles. The highest BCUT2D eigenvalue weighted by Gasteiger charge is 2.12. The van der Waals surface area contributed by atoms with E-state index >= 15 is 0 Å². The molecule has 0 radical (unpaired) electrons. The normalized spacial score (nSPS) is 19.0. The fraction of sp³-hybridized carbons (Fsp3) is 0.889. The van der Waals surface area contributed by atoms with Gasteiger partial charge in [-0.15, -0.1) is 0 Å². The molecule has 12 heavy (non-hydrogen) atoms. The summed E-state index contributed by atoms with van der Waals surface area (Å²) in [5, 5.41) is 10.7. The van der Waals surface area contributed by atoms with Crippen molar-refractivity contribution in [3.8, 4) is 0 Å². The zero-order valence-corrected chi connectivity index (χ0v) is 7.38. The first-order valence-corrected chi connectivity index (χ1v) is 4.76. The number of hydrogen-bond donors (Lipinski definition) is 2. The Bertz CT molecular complexity index is 141. The van der Waals surface area contributed by atoms with E-state index in [0.717, 1.165) is 12.3 Å². The summed E-state index contributed by atoms with van der Waals surface area (Å²) in [6.45, 7) is 0.625. The predicted molar refractivity (Wildman–Crippen MR) is 47.2 cm³/mol. The monoisotopic (exact) mass is 171 g/mol. The third kappa shape index (κ3) is 3.60. The van der Waals surface area contributed by atoms with Crippen LogP contribution >= 0.6 is 0 Å². The molecule has 0 aromatic heterocycles. The van der Waals surface area contributed by atoms with Gasteiger partial charge < -0.3 is 10.4 Å². The van der Waals surface area contributed by atoms with E-state index in [1.54, 1.807) is 0 Å². The molecule has 0 aromatic carbocycles. The molecule has 0 unspecified atom stereocenters. The van der Waals surface area contributed by atoms with Crippen LogP contribution in [0.15, 0.2) is 0 Å². The summed E-state index contributed by atoms with van der Waals surface area (Å²) in [4.78, 5) is 10.1. The Hall–Kier alpha value is -0.730. The molecular weight excluding hydrogens is 154 g/mol. The lowest BCUT2D eigenvalue weighted by molar-refractivity contribution is 0.193. The molecule has 2 N–H and O–H groups in total. The van der Waals surface area contributed by atoms with Crippen LogP contribution in [0.25, 0.3) is 0 Å². The Balaban J connectivity index is 2.01. The molecule has 3 nitrogen and oxygen atoms in total. The first-order valence-electron chi connectivity index (χ1n) is 4.76. The van der Waals surface area contributed by atoms with Crippen LogP contribution in [0.2, 0.25) is 0 Å². The van der Waals surface area contributed by atoms with Crippen molar-refractivity contribution < 1.29 is 9.90 Å². The third-order valence-electron chi connectivity index (χ3n) is 2.55. The van der Waals surface area contributed by atoms with Gasteiger partial charge in [-0.05, 0) is 12.3 Å². The predicted octanol–water partition coefficient (Wildman–Crippen LogP) is 2.22. The van der Waals surface area contributed by atoms with E-state index in [1.165, 1.54) is 32.1 Å². The molecule has 0 bridgehead atoms. The van der Waals surface area contributed by atoms with Crippen molar-refractivity contribution in [2.75, 3.05) is 6.54 Å². The van der Waals surface area contributed by atoms with Crippen molar-refractivity contribution in [1.29, 1.82) is 0 Å². The van der Waals surface area contributed by atoms with Crippen molar-refractivity contribution in [2.24, 2.45) is 5.92 Å². The maximum Gasteiger partial charge on any atom is 0.404 e. The lowest BCUT2D eigenvalue weighted by Gasteiger charge is -2.20. The molecule has 1 rings (SSSR count). The van der Waals surface area contributed by atoms with E-state index < -0.39 is 6.09 Å². The molecule has 70 valence electrons. The van der Waals surface area contributed by atoms with Crippen LogP contribution in [-0.4, -0.2) is 17.7 Å². The van der Waals surface area contributed by atoms with Gasteiger partial charge in [0.15, 0.2) is 0 Å². The quantitative estimate of drug-likeness (QED) is 0.684. The largest absolute Gasteiger partial charge is 0.465 e. The van der Waals surface area contributed by atoms with Gasteiger partial charge in [0.2, 0.25) is 0 Å². The number of amides is 1. The Kier molecular flexibility index (Phi) is 3.91. The minimum absolute atomic E-state index is 0.625. The Labute approximate surface area is 73.2 Å². The summed E-state index contributed by atoms with van der Waals surface area (Å²) in [7, 11) is 0. The maximum absolute atomic E-state index is 10.1. The van der Waals surface area contributed by atoms with E-state index in [4.69, 9.17) is 5.11 Å². The smallest absolute Gasteiger partial charge is 0.404 e. The molecule has 1 amide bonds. The molecule has 1 saturated carbocycles. The highest BCUT2D eigenvalue weighted by Crippen LogP contribution is 2.25. The van der Waals surface area contributed by atoms with Crippen LogP contribution in [0.1, 0.15) is 38.5 Å². The average molecular weight is 171 g/mol. The zero-order chi connectivity index (χ0) is 8.81. The van der Waals surface area contributed by atoms with Crippen LogP contribution in [-0.2, 0) is 0 Å². The first kappa shape index (κ1) is 9.36. The van der Waals surface area contributed by atoms with Gasteiger partial charge in [0.1, 0.15) is 0 Å². The van der Waals surface area contributed by atoms with E-state index in [9.17, 15) is 4.79 Å². The minimum Gasteiger partial charge on any atom is -0.465 e. The van der Waals surface area contributed by atoms with E-state index in [1.807, 2.05) is 0 Å². The molecule has 0 aromatic rings. The number of nitrogens with one attached hydrogen (secondary N) is 1. The van der Waals surface area contributed by atoms with Crippen molar-refractivity contribution in [3.05, 3.63) is 0 Å². The van der Waals surface area contributed by atoms with Gasteiger partial charge in [0, 0.05) is 6.54 Å². The van der Waals surface area contributed by atoms with E-state index in [-0.39, 0.29) is 0 Å². The van der Waals surface area contributed by atoms with Crippen molar-refractivity contribution >= 4 is 6.09 Å². The van der Waals surface area contributed by atoms with Gasteiger partial charge in [0.05, 0.1) is 0 Å². The van der Waals surface area contributed by atoms with Crippen LogP contribution < -0.4 is 5.32 Å². The summed E-state index contributed by atoms with van der Waals surface area (Å²) in [6, 6.07) is 0. The average Bonchev–Trinajstić information content (AvgIpc) is 2.05. The number of carboxylic acid groups (broad SMARTS) is 1. The molecule has 0 atom stereocenters. The van der Waals surface area contributed by atoms with Crippen molar-refractivity contribution in [2.45, 2.75) is 38.5 Å². The molecule has 1 aliphatic rings. The zero-order valence-electron chi connectivity index (χ0n) is 7.38. The summed E-state index contributed by atoms with van der Waals surface area (Å²) in [6.07, 6.45) is 6.73. The lowest BCUT2D eigenvalue weighted by Crippen LogP contribution is -2.24. The van der Waals surface area contributed by atoms with Crippen LogP contribution in [0.3, 0.4) is 0 Å². The van der Waals surface area contributed by atoms with Gasteiger partial charge in [-0.25, -0.2) is 4.79 Å². The topological polar surface area (TPSA) is 49.3 Å². The third-order valence-corrected chi connectivity index (χ3v) is 2.55. The fourth-order valence-electron chi connectivity index (χ4n) is 1.86. The van der Waals surface area contributed by atoms with Crippen LogP contribution in [0.5, 0.6) is 0 Å².